The van der Waals surface area contributed by atoms with Crippen LogP contribution in [0.25, 0.3) is 22.3 Å². The van der Waals surface area contributed by atoms with Crippen molar-refractivity contribution >= 4 is 22.6 Å². The highest BCUT2D eigenvalue weighted by molar-refractivity contribution is 5.91. The van der Waals surface area contributed by atoms with Gasteiger partial charge in [-0.2, -0.15) is 0 Å². The molecule has 0 spiro atoms. The highest BCUT2D eigenvalue weighted by Gasteiger charge is 2.42. The summed E-state index contributed by atoms with van der Waals surface area (Å²) in [4.78, 5) is 26.7. The molecule has 1 amide bonds. The lowest BCUT2D eigenvalue weighted by molar-refractivity contribution is -0.137. The Morgan fingerprint density at radius 1 is 1.29 bits per heavy atom. The van der Waals surface area contributed by atoms with E-state index < -0.39 is 5.60 Å². The maximum Gasteiger partial charge on any atom is 0.267 e. The van der Waals surface area contributed by atoms with Crippen LogP contribution in [0, 0.1) is 18.8 Å². The first-order valence-electron chi connectivity index (χ1n) is 8.87. The molecule has 1 saturated heterocycles. The number of aryl methyl sites for hydroxylation is 1. The van der Waals surface area contributed by atoms with Crippen LogP contribution in [0.1, 0.15) is 17.5 Å². The lowest BCUT2D eigenvalue weighted by Crippen LogP contribution is -2.37. The molecule has 7 heteroatoms. The Hall–Kier alpha value is -3.50. The van der Waals surface area contributed by atoms with E-state index in [0.717, 1.165) is 16.5 Å². The van der Waals surface area contributed by atoms with Gasteiger partial charge in [-0.25, -0.2) is 15.0 Å². The Balaban J connectivity index is 1.71. The number of fused-ring (bicyclic) bond motifs is 1. The molecule has 1 fully saturated rings. The number of nitrogen functional groups attached to an aromatic ring is 1. The Morgan fingerprint density at radius 2 is 2.11 bits per heavy atom. The number of pyridine rings is 1. The quantitative estimate of drug-likeness (QED) is 0.627. The smallest absolute Gasteiger partial charge is 0.267 e. The van der Waals surface area contributed by atoms with Crippen LogP contribution >= 0.6 is 0 Å². The van der Waals surface area contributed by atoms with Gasteiger partial charge in [0.15, 0.2) is 5.82 Å². The minimum absolute atomic E-state index is 0.300. The third-order valence-corrected chi connectivity index (χ3v) is 4.90. The lowest BCUT2D eigenvalue weighted by Gasteiger charge is -2.13. The van der Waals surface area contributed by atoms with E-state index in [4.69, 9.17) is 5.73 Å². The van der Waals surface area contributed by atoms with Crippen molar-refractivity contribution in [3.63, 3.8) is 0 Å². The van der Waals surface area contributed by atoms with Gasteiger partial charge in [0, 0.05) is 48.9 Å². The van der Waals surface area contributed by atoms with Crippen molar-refractivity contribution in [3.8, 4) is 23.2 Å². The van der Waals surface area contributed by atoms with Gasteiger partial charge in [0.25, 0.3) is 5.91 Å². The lowest BCUT2D eigenvalue weighted by atomic mass is 10.0. The molecular weight excluding hydrogens is 354 g/mol. The number of aromatic nitrogens is 3. The van der Waals surface area contributed by atoms with E-state index in [2.05, 4.69) is 26.8 Å². The number of carbonyl (C=O) groups excluding carboxylic acids is 1. The second kappa shape index (κ2) is 6.59. The normalized spacial score (nSPS) is 19.0. The Morgan fingerprint density at radius 3 is 2.86 bits per heavy atom. The van der Waals surface area contributed by atoms with Crippen LogP contribution in [0.15, 0.2) is 36.7 Å². The first-order valence-corrected chi connectivity index (χ1v) is 8.87. The molecule has 0 radical (unpaired) electrons. The fraction of sp³-hybridized carbons (Fsp3) is 0.238. The zero-order chi connectivity index (χ0) is 19.9. The number of nitrogens with zero attached hydrogens (tertiary/aromatic N) is 4. The van der Waals surface area contributed by atoms with E-state index in [1.165, 1.54) is 4.90 Å². The van der Waals surface area contributed by atoms with E-state index in [1.54, 1.807) is 19.4 Å². The van der Waals surface area contributed by atoms with Crippen LogP contribution in [0.4, 0.5) is 5.82 Å². The summed E-state index contributed by atoms with van der Waals surface area (Å²) in [5.74, 6) is 6.12. The molecule has 0 unspecified atom stereocenters. The molecule has 0 aliphatic carbocycles. The maximum absolute atomic E-state index is 12.1. The predicted octanol–water partition coefficient (Wildman–Crippen LogP) is 1.53. The van der Waals surface area contributed by atoms with Gasteiger partial charge in [-0.3, -0.25) is 4.79 Å². The summed E-state index contributed by atoms with van der Waals surface area (Å²) < 4.78 is 0. The molecule has 3 N–H and O–H groups in total. The van der Waals surface area contributed by atoms with Gasteiger partial charge in [-0.05, 0) is 24.6 Å². The van der Waals surface area contributed by atoms with Crippen molar-refractivity contribution < 1.29 is 9.90 Å². The number of likely N-dealkylation sites (tertiary alicyclic amines) is 1. The van der Waals surface area contributed by atoms with Gasteiger partial charge in [-0.1, -0.05) is 24.0 Å². The molecule has 1 aliphatic rings. The molecule has 3 aromatic rings. The highest BCUT2D eigenvalue weighted by atomic mass is 16.3. The summed E-state index contributed by atoms with van der Waals surface area (Å²) in [5, 5.41) is 11.3. The minimum Gasteiger partial charge on any atom is -0.382 e. The number of hydrogen-bond acceptors (Lipinski definition) is 6. The molecule has 7 nitrogen and oxygen atoms in total. The van der Waals surface area contributed by atoms with Crippen LogP contribution in [0.5, 0.6) is 0 Å². The summed E-state index contributed by atoms with van der Waals surface area (Å²) in [7, 11) is 1.65. The van der Waals surface area contributed by atoms with Gasteiger partial charge in [-0.15, -0.1) is 0 Å². The number of amides is 1. The van der Waals surface area contributed by atoms with Crippen LogP contribution in [0.3, 0.4) is 0 Å². The predicted molar refractivity (Wildman–Crippen MR) is 106 cm³/mol. The van der Waals surface area contributed by atoms with Crippen LogP contribution < -0.4 is 5.73 Å². The zero-order valence-corrected chi connectivity index (χ0v) is 15.6. The molecule has 4 rings (SSSR count). The monoisotopic (exact) mass is 373 g/mol. The minimum atomic E-state index is -1.62. The summed E-state index contributed by atoms with van der Waals surface area (Å²) in [6.07, 6.45) is 3.73. The number of anilines is 1. The fourth-order valence-electron chi connectivity index (χ4n) is 3.18. The number of benzene rings is 1. The molecule has 1 aliphatic heterocycles. The topological polar surface area (TPSA) is 105 Å². The summed E-state index contributed by atoms with van der Waals surface area (Å²) in [5.41, 5.74) is 7.33. The number of likely N-dealkylation sites (N-methyl/N-ethyl adjacent to an activating group) is 1. The average Bonchev–Trinajstić information content (AvgIpc) is 2.97. The second-order valence-electron chi connectivity index (χ2n) is 6.95. The largest absolute Gasteiger partial charge is 0.382 e. The van der Waals surface area contributed by atoms with E-state index >= 15 is 0 Å². The average molecular weight is 373 g/mol. The molecule has 1 atom stereocenters. The van der Waals surface area contributed by atoms with Crippen LogP contribution in [0.2, 0.25) is 0 Å². The van der Waals surface area contributed by atoms with Crippen molar-refractivity contribution in [3.05, 3.63) is 47.8 Å². The molecule has 0 saturated carbocycles. The number of aliphatic hydroxyl groups is 1. The molecule has 0 bridgehead atoms. The molecule has 2 aromatic heterocycles. The number of carbonyl (C=O) groups is 1. The zero-order valence-electron chi connectivity index (χ0n) is 15.6. The third kappa shape index (κ3) is 3.04. The molecule has 1 aromatic carbocycles. The summed E-state index contributed by atoms with van der Waals surface area (Å²) in [6.45, 7) is 2.42. The van der Waals surface area contributed by atoms with E-state index in [9.17, 15) is 9.90 Å². The highest BCUT2D eigenvalue weighted by Crippen LogP contribution is 2.24. The van der Waals surface area contributed by atoms with Gasteiger partial charge in [0.05, 0.1) is 0 Å². The first-order chi connectivity index (χ1) is 13.4. The van der Waals surface area contributed by atoms with Gasteiger partial charge in [0.2, 0.25) is 5.60 Å². The molecule has 28 heavy (non-hydrogen) atoms. The standard InChI is InChI=1S/C21H19N5O2/c1-13-11-23-18(22)17-16(13)12-24-19(25-17)15-5-3-4-14(10-15)6-7-21(28)8-9-26(2)20(21)27/h3-5,10-12,28H,8-9H2,1-2H3,(H2,22,23)/t21-/m1/s1. The van der Waals surface area contributed by atoms with Gasteiger partial charge < -0.3 is 15.7 Å². The van der Waals surface area contributed by atoms with Crippen molar-refractivity contribution in [1.29, 1.82) is 0 Å². The van der Waals surface area contributed by atoms with E-state index in [0.29, 0.717) is 35.7 Å². The first kappa shape index (κ1) is 17.9. The summed E-state index contributed by atoms with van der Waals surface area (Å²) >= 11 is 0. The Bertz CT molecular complexity index is 1160. The third-order valence-electron chi connectivity index (χ3n) is 4.90. The van der Waals surface area contributed by atoms with E-state index in [-0.39, 0.29) is 5.91 Å². The maximum atomic E-state index is 12.1. The molecular formula is C21H19N5O2. The van der Waals surface area contributed by atoms with Crippen molar-refractivity contribution in [2.45, 2.75) is 18.9 Å². The Labute approximate surface area is 162 Å². The molecule has 3 heterocycles. The van der Waals surface area contributed by atoms with E-state index in [1.807, 2.05) is 31.2 Å². The van der Waals surface area contributed by atoms with Crippen LogP contribution in [-0.2, 0) is 4.79 Å². The van der Waals surface area contributed by atoms with Crippen molar-refractivity contribution in [1.82, 2.24) is 19.9 Å². The fourth-order valence-corrected chi connectivity index (χ4v) is 3.18. The number of hydrogen-bond donors (Lipinski definition) is 2. The second-order valence-corrected chi connectivity index (χ2v) is 6.95. The van der Waals surface area contributed by atoms with Crippen LogP contribution in [-0.4, -0.2) is 50.1 Å². The number of nitrogens with two attached hydrogens (primary N) is 1. The summed E-state index contributed by atoms with van der Waals surface area (Å²) in [6, 6.07) is 7.33. The van der Waals surface area contributed by atoms with Crippen molar-refractivity contribution in [2.75, 3.05) is 19.3 Å². The SMILES string of the molecule is Cc1cnc(N)c2nc(-c3cccc(C#C[C@@]4(O)CCN(C)C4=O)c3)ncc12. The van der Waals surface area contributed by atoms with Crippen molar-refractivity contribution in [2.24, 2.45) is 0 Å². The Kier molecular flexibility index (Phi) is 4.21. The molecule has 140 valence electrons. The van der Waals surface area contributed by atoms with Gasteiger partial charge in [0.1, 0.15) is 11.3 Å². The number of rotatable bonds is 1. The van der Waals surface area contributed by atoms with Gasteiger partial charge >= 0.3 is 0 Å².